The van der Waals surface area contributed by atoms with Gasteiger partial charge in [0.25, 0.3) is 6.01 Å². The van der Waals surface area contributed by atoms with E-state index in [2.05, 4.69) is 9.55 Å². The Hall–Kier alpha value is -1.03. The van der Waals surface area contributed by atoms with Crippen LogP contribution in [-0.2, 0) is 13.0 Å². The topological polar surface area (TPSA) is 53.1 Å². The Morgan fingerprint density at radius 1 is 1.73 bits per heavy atom. The van der Waals surface area contributed by atoms with Gasteiger partial charge in [-0.15, -0.1) is 0 Å². The van der Waals surface area contributed by atoms with Gasteiger partial charge in [-0.2, -0.15) is 0 Å². The summed E-state index contributed by atoms with van der Waals surface area (Å²) in [6.45, 7) is 2.34. The Kier molecular flexibility index (Phi) is 1.54. The summed E-state index contributed by atoms with van der Waals surface area (Å²) in [5.74, 6) is 0. The lowest BCUT2D eigenvalue weighted by Crippen LogP contribution is -2.07. The zero-order valence-corrected chi connectivity index (χ0v) is 6.29. The summed E-state index contributed by atoms with van der Waals surface area (Å²) in [6, 6.07) is 0.744. The zero-order chi connectivity index (χ0) is 7.68. The van der Waals surface area contributed by atoms with Crippen molar-refractivity contribution in [2.45, 2.75) is 13.0 Å². The molecule has 4 heteroatoms. The van der Waals surface area contributed by atoms with Crippen molar-refractivity contribution in [3.8, 4) is 6.01 Å². The molecule has 0 saturated carbocycles. The van der Waals surface area contributed by atoms with E-state index in [1.54, 1.807) is 0 Å². The van der Waals surface area contributed by atoms with E-state index in [1.165, 1.54) is 5.69 Å². The van der Waals surface area contributed by atoms with Crippen LogP contribution >= 0.6 is 0 Å². The molecule has 0 saturated heterocycles. The average molecular weight is 153 g/mol. The Balaban J connectivity index is 2.27. The summed E-state index contributed by atoms with van der Waals surface area (Å²) in [5, 5.41) is 0. The molecule has 4 nitrogen and oxygen atoms in total. The number of imidazole rings is 1. The number of nitrogens with two attached hydrogens (primary N) is 1. The maximum absolute atomic E-state index is 5.43. The highest BCUT2D eigenvalue weighted by atomic mass is 16.5. The van der Waals surface area contributed by atoms with E-state index >= 15 is 0 Å². The van der Waals surface area contributed by atoms with Gasteiger partial charge in [-0.05, 0) is 6.54 Å². The van der Waals surface area contributed by atoms with Crippen LogP contribution in [0.5, 0.6) is 6.01 Å². The summed E-state index contributed by atoms with van der Waals surface area (Å²) >= 11 is 0. The van der Waals surface area contributed by atoms with Crippen LogP contribution in [0.3, 0.4) is 0 Å². The predicted octanol–water partition coefficient (Wildman–Crippen LogP) is -0.223. The molecule has 0 bridgehead atoms. The molecule has 0 spiro atoms. The van der Waals surface area contributed by atoms with Crippen LogP contribution in [0.2, 0.25) is 0 Å². The number of rotatable bonds is 2. The maximum Gasteiger partial charge on any atom is 0.296 e. The number of hydrogen-bond acceptors (Lipinski definition) is 3. The van der Waals surface area contributed by atoms with Gasteiger partial charge in [-0.25, -0.2) is 4.98 Å². The van der Waals surface area contributed by atoms with Gasteiger partial charge in [0.05, 0.1) is 12.7 Å². The lowest BCUT2D eigenvalue weighted by molar-refractivity contribution is 0.345. The normalized spacial score (nSPS) is 14.6. The molecule has 0 fully saturated rings. The van der Waals surface area contributed by atoms with E-state index in [4.69, 9.17) is 10.5 Å². The fourth-order valence-corrected chi connectivity index (χ4v) is 1.32. The van der Waals surface area contributed by atoms with Crippen LogP contribution in [0.4, 0.5) is 0 Å². The highest BCUT2D eigenvalue weighted by molar-refractivity contribution is 5.12. The molecule has 2 N–H and O–H groups in total. The van der Waals surface area contributed by atoms with Crippen LogP contribution in [0.25, 0.3) is 0 Å². The lowest BCUT2D eigenvalue weighted by atomic mass is 10.3. The smallest absolute Gasteiger partial charge is 0.296 e. The molecule has 0 aliphatic carbocycles. The second-order valence-electron chi connectivity index (χ2n) is 2.57. The molecule has 2 rings (SSSR count). The van der Waals surface area contributed by atoms with Gasteiger partial charge in [0.15, 0.2) is 0 Å². The minimum Gasteiger partial charge on any atom is -0.463 e. The van der Waals surface area contributed by atoms with Crippen molar-refractivity contribution in [3.05, 3.63) is 11.9 Å². The molecule has 0 amide bonds. The van der Waals surface area contributed by atoms with Crippen molar-refractivity contribution < 1.29 is 4.74 Å². The predicted molar refractivity (Wildman–Crippen MR) is 40.5 cm³/mol. The molecule has 0 atom stereocenters. The van der Waals surface area contributed by atoms with E-state index in [-0.39, 0.29) is 0 Å². The second kappa shape index (κ2) is 2.54. The van der Waals surface area contributed by atoms with Gasteiger partial charge in [0, 0.05) is 12.1 Å². The first kappa shape index (κ1) is 6.67. The monoisotopic (exact) mass is 153 g/mol. The minimum absolute atomic E-state index is 0.672. The molecule has 1 aromatic rings. The maximum atomic E-state index is 5.43. The summed E-state index contributed by atoms with van der Waals surface area (Å²) in [6.07, 6.45) is 2.72. The number of ether oxygens (including phenoxy) is 1. The molecule has 0 unspecified atom stereocenters. The molecule has 0 radical (unpaired) electrons. The molecule has 60 valence electrons. The zero-order valence-electron chi connectivity index (χ0n) is 6.29. The second-order valence-corrected chi connectivity index (χ2v) is 2.57. The third-order valence-electron chi connectivity index (χ3n) is 1.85. The highest BCUT2D eigenvalue weighted by Gasteiger charge is 2.15. The quantitative estimate of drug-likeness (QED) is 0.639. The largest absolute Gasteiger partial charge is 0.463 e. The fraction of sp³-hybridized carbons (Fsp3) is 0.571. The molecular formula is C7H11N3O. The lowest BCUT2D eigenvalue weighted by Gasteiger charge is -1.98. The van der Waals surface area contributed by atoms with E-state index in [9.17, 15) is 0 Å². The van der Waals surface area contributed by atoms with E-state index < -0.39 is 0 Å². The summed E-state index contributed by atoms with van der Waals surface area (Å²) in [7, 11) is 0. The van der Waals surface area contributed by atoms with Crippen molar-refractivity contribution in [1.29, 1.82) is 0 Å². The van der Waals surface area contributed by atoms with Gasteiger partial charge >= 0.3 is 0 Å². The first-order valence-corrected chi connectivity index (χ1v) is 3.79. The standard InChI is InChI=1S/C7H11N3O/c8-2-1-6-5-9-7-10(6)3-4-11-7/h5H,1-4,8H2. The number of hydrogen-bond donors (Lipinski definition) is 1. The van der Waals surface area contributed by atoms with E-state index in [1.807, 2.05) is 6.20 Å². The summed E-state index contributed by atoms with van der Waals surface area (Å²) in [5.41, 5.74) is 6.61. The van der Waals surface area contributed by atoms with Gasteiger partial charge in [0.1, 0.15) is 6.61 Å². The third-order valence-corrected chi connectivity index (χ3v) is 1.85. The van der Waals surface area contributed by atoms with Gasteiger partial charge in [-0.1, -0.05) is 0 Å². The first-order chi connectivity index (χ1) is 5.42. The highest BCUT2D eigenvalue weighted by Crippen LogP contribution is 2.17. The number of nitrogens with zero attached hydrogens (tertiary/aromatic N) is 2. The van der Waals surface area contributed by atoms with Gasteiger partial charge < -0.3 is 10.5 Å². The summed E-state index contributed by atoms with van der Waals surface area (Å²) in [4.78, 5) is 4.10. The van der Waals surface area contributed by atoms with Crippen LogP contribution in [0, 0.1) is 0 Å². The molecule has 2 heterocycles. The Morgan fingerprint density at radius 3 is 3.45 bits per heavy atom. The minimum atomic E-state index is 0.672. The van der Waals surface area contributed by atoms with Crippen molar-refractivity contribution in [3.63, 3.8) is 0 Å². The van der Waals surface area contributed by atoms with Crippen LogP contribution in [0.1, 0.15) is 5.69 Å². The molecular weight excluding hydrogens is 142 g/mol. The van der Waals surface area contributed by atoms with Crippen LogP contribution in [-0.4, -0.2) is 22.7 Å². The fourth-order valence-electron chi connectivity index (χ4n) is 1.32. The van der Waals surface area contributed by atoms with Gasteiger partial charge in [0.2, 0.25) is 0 Å². The first-order valence-electron chi connectivity index (χ1n) is 3.79. The summed E-state index contributed by atoms with van der Waals surface area (Å²) < 4.78 is 7.31. The Bertz CT molecular complexity index is 256. The van der Waals surface area contributed by atoms with Crippen molar-refractivity contribution in [2.75, 3.05) is 13.2 Å². The molecule has 1 aliphatic rings. The molecule has 1 aromatic heterocycles. The SMILES string of the molecule is NCCc1cnc2n1CCO2. The Morgan fingerprint density at radius 2 is 2.64 bits per heavy atom. The number of fused-ring (bicyclic) bond motifs is 1. The van der Waals surface area contributed by atoms with Crippen LogP contribution < -0.4 is 10.5 Å². The van der Waals surface area contributed by atoms with Gasteiger partial charge in [-0.3, -0.25) is 4.57 Å². The Labute approximate surface area is 65.0 Å². The van der Waals surface area contributed by atoms with Crippen molar-refractivity contribution in [1.82, 2.24) is 9.55 Å². The van der Waals surface area contributed by atoms with Crippen molar-refractivity contribution >= 4 is 0 Å². The number of aromatic nitrogens is 2. The van der Waals surface area contributed by atoms with Crippen LogP contribution in [0.15, 0.2) is 6.20 Å². The average Bonchev–Trinajstić information content (AvgIpc) is 2.53. The van der Waals surface area contributed by atoms with Crippen molar-refractivity contribution in [2.24, 2.45) is 5.73 Å². The van der Waals surface area contributed by atoms with E-state index in [0.29, 0.717) is 6.54 Å². The molecule has 11 heavy (non-hydrogen) atoms. The third kappa shape index (κ3) is 0.991. The molecule has 1 aliphatic heterocycles. The van der Waals surface area contributed by atoms with E-state index in [0.717, 1.165) is 25.6 Å². The molecule has 0 aromatic carbocycles.